The SMILES string of the molecule is c1cnc2ccc(N3CCC4(CCCN4Cc4cnc[nH]4)CC3)cc2c1. The predicted molar refractivity (Wildman–Crippen MR) is 104 cm³/mol. The lowest BCUT2D eigenvalue weighted by molar-refractivity contribution is 0.0986. The van der Waals surface area contributed by atoms with Crippen LogP contribution >= 0.6 is 0 Å². The number of fused-ring (bicyclic) bond motifs is 1. The summed E-state index contributed by atoms with van der Waals surface area (Å²) in [5, 5.41) is 1.23. The van der Waals surface area contributed by atoms with Crippen LogP contribution in [0.3, 0.4) is 0 Å². The normalized spacial score (nSPS) is 20.2. The Morgan fingerprint density at radius 1 is 1.08 bits per heavy atom. The van der Waals surface area contributed by atoms with E-state index in [2.05, 4.69) is 49.0 Å². The highest BCUT2D eigenvalue weighted by atomic mass is 15.3. The molecule has 5 heteroatoms. The molecule has 5 rings (SSSR count). The molecule has 2 saturated heterocycles. The smallest absolute Gasteiger partial charge is 0.0922 e. The number of nitrogens with one attached hydrogen (secondary N) is 1. The van der Waals surface area contributed by atoms with Crippen molar-refractivity contribution in [3.8, 4) is 0 Å². The standard InChI is InChI=1S/C21H25N5/c1-3-17-13-19(4-5-20(17)23-9-1)25-11-7-21(8-12-25)6-2-10-26(21)15-18-14-22-16-24-18/h1,3-5,9,13-14,16H,2,6-8,10-12,15H2,(H,22,24). The molecule has 2 aromatic heterocycles. The van der Waals surface area contributed by atoms with Gasteiger partial charge in [-0.15, -0.1) is 0 Å². The molecular weight excluding hydrogens is 322 g/mol. The number of piperidine rings is 1. The van der Waals surface area contributed by atoms with E-state index in [0.29, 0.717) is 5.54 Å². The highest BCUT2D eigenvalue weighted by Gasteiger charge is 2.43. The van der Waals surface area contributed by atoms with Crippen LogP contribution in [0.1, 0.15) is 31.4 Å². The van der Waals surface area contributed by atoms with Crippen molar-refractivity contribution in [1.82, 2.24) is 19.9 Å². The Morgan fingerprint density at radius 2 is 2.00 bits per heavy atom. The fraction of sp³-hybridized carbons (Fsp3) is 0.429. The van der Waals surface area contributed by atoms with E-state index < -0.39 is 0 Å². The van der Waals surface area contributed by atoms with Crippen molar-refractivity contribution < 1.29 is 0 Å². The van der Waals surface area contributed by atoms with Gasteiger partial charge in [0.25, 0.3) is 0 Å². The second-order valence-electron chi connectivity index (χ2n) is 7.69. The summed E-state index contributed by atoms with van der Waals surface area (Å²) in [5.74, 6) is 0. The van der Waals surface area contributed by atoms with Crippen LogP contribution in [0, 0.1) is 0 Å². The average molecular weight is 347 g/mol. The molecule has 0 amide bonds. The number of hydrogen-bond acceptors (Lipinski definition) is 4. The molecule has 134 valence electrons. The molecule has 5 nitrogen and oxygen atoms in total. The van der Waals surface area contributed by atoms with E-state index in [4.69, 9.17) is 0 Å². The van der Waals surface area contributed by atoms with Gasteiger partial charge in [-0.1, -0.05) is 6.07 Å². The second kappa shape index (κ2) is 6.40. The molecule has 3 aromatic rings. The first-order chi connectivity index (χ1) is 12.8. The molecule has 1 spiro atoms. The Labute approximate surface area is 154 Å². The first kappa shape index (κ1) is 15.8. The number of rotatable bonds is 3. The molecule has 2 fully saturated rings. The van der Waals surface area contributed by atoms with Gasteiger partial charge in [0.1, 0.15) is 0 Å². The molecule has 2 aliphatic rings. The van der Waals surface area contributed by atoms with Gasteiger partial charge in [0, 0.05) is 54.3 Å². The monoisotopic (exact) mass is 347 g/mol. The number of H-pyrrole nitrogens is 1. The molecule has 0 saturated carbocycles. The van der Waals surface area contributed by atoms with E-state index in [1.165, 1.54) is 49.0 Å². The van der Waals surface area contributed by atoms with E-state index in [-0.39, 0.29) is 0 Å². The quantitative estimate of drug-likeness (QED) is 0.786. The maximum atomic E-state index is 4.44. The molecule has 1 N–H and O–H groups in total. The number of aromatic nitrogens is 3. The minimum atomic E-state index is 0.375. The summed E-state index contributed by atoms with van der Waals surface area (Å²) in [6.07, 6.45) is 10.7. The van der Waals surface area contributed by atoms with Crippen LogP contribution < -0.4 is 4.90 Å². The summed E-state index contributed by atoms with van der Waals surface area (Å²) < 4.78 is 0. The fourth-order valence-electron chi connectivity index (χ4n) is 4.82. The lowest BCUT2D eigenvalue weighted by Crippen LogP contribution is -2.51. The Bertz CT molecular complexity index is 880. The van der Waals surface area contributed by atoms with Gasteiger partial charge in [-0.2, -0.15) is 0 Å². The summed E-state index contributed by atoms with van der Waals surface area (Å²) in [6.45, 7) is 4.47. The zero-order valence-corrected chi connectivity index (χ0v) is 15.1. The van der Waals surface area contributed by atoms with Crippen molar-refractivity contribution in [3.63, 3.8) is 0 Å². The van der Waals surface area contributed by atoms with Gasteiger partial charge in [-0.05, 0) is 56.5 Å². The molecule has 0 aliphatic carbocycles. The van der Waals surface area contributed by atoms with Crippen molar-refractivity contribution >= 4 is 16.6 Å². The number of pyridine rings is 1. The summed E-state index contributed by atoms with van der Waals surface area (Å²) >= 11 is 0. The second-order valence-corrected chi connectivity index (χ2v) is 7.69. The average Bonchev–Trinajstić information content (AvgIpc) is 3.33. The van der Waals surface area contributed by atoms with Crippen LogP contribution in [0.5, 0.6) is 0 Å². The number of hydrogen-bond donors (Lipinski definition) is 1. The highest BCUT2D eigenvalue weighted by molar-refractivity contribution is 5.82. The number of imidazole rings is 1. The van der Waals surface area contributed by atoms with Crippen molar-refractivity contribution in [2.75, 3.05) is 24.5 Å². The fourth-order valence-corrected chi connectivity index (χ4v) is 4.82. The molecule has 2 aliphatic heterocycles. The third kappa shape index (κ3) is 2.76. The highest BCUT2D eigenvalue weighted by Crippen LogP contribution is 2.40. The Balaban J connectivity index is 1.31. The first-order valence-electron chi connectivity index (χ1n) is 9.65. The topological polar surface area (TPSA) is 48.1 Å². The molecule has 0 atom stereocenters. The van der Waals surface area contributed by atoms with Crippen LogP contribution in [0.15, 0.2) is 49.1 Å². The molecule has 0 unspecified atom stereocenters. The number of aromatic amines is 1. The van der Waals surface area contributed by atoms with E-state index in [1.807, 2.05) is 18.5 Å². The van der Waals surface area contributed by atoms with Gasteiger partial charge < -0.3 is 9.88 Å². The minimum Gasteiger partial charge on any atom is -0.371 e. The van der Waals surface area contributed by atoms with Crippen LogP contribution in [0.2, 0.25) is 0 Å². The maximum Gasteiger partial charge on any atom is 0.0922 e. The minimum absolute atomic E-state index is 0.375. The van der Waals surface area contributed by atoms with Crippen LogP contribution in [-0.2, 0) is 6.54 Å². The van der Waals surface area contributed by atoms with Crippen molar-refractivity contribution in [1.29, 1.82) is 0 Å². The number of benzene rings is 1. The van der Waals surface area contributed by atoms with Gasteiger partial charge in [0.15, 0.2) is 0 Å². The molecule has 26 heavy (non-hydrogen) atoms. The summed E-state index contributed by atoms with van der Waals surface area (Å²) in [5.41, 5.74) is 4.01. The zero-order valence-electron chi connectivity index (χ0n) is 15.1. The lowest BCUT2D eigenvalue weighted by Gasteiger charge is -2.45. The van der Waals surface area contributed by atoms with E-state index in [0.717, 1.165) is 25.2 Å². The van der Waals surface area contributed by atoms with Gasteiger partial charge in [0.2, 0.25) is 0 Å². The van der Waals surface area contributed by atoms with Crippen LogP contribution in [0.4, 0.5) is 5.69 Å². The Hall–Kier alpha value is -2.40. The molecule has 0 radical (unpaired) electrons. The molecule has 0 bridgehead atoms. The lowest BCUT2D eigenvalue weighted by atomic mass is 9.84. The van der Waals surface area contributed by atoms with Gasteiger partial charge in [-0.3, -0.25) is 9.88 Å². The zero-order chi connectivity index (χ0) is 17.4. The summed E-state index contributed by atoms with van der Waals surface area (Å²) in [6, 6.07) is 10.8. The van der Waals surface area contributed by atoms with E-state index in [1.54, 1.807) is 6.33 Å². The summed E-state index contributed by atoms with van der Waals surface area (Å²) in [7, 11) is 0. The summed E-state index contributed by atoms with van der Waals surface area (Å²) in [4.78, 5) is 17.1. The van der Waals surface area contributed by atoms with Gasteiger partial charge in [-0.25, -0.2) is 4.98 Å². The Kier molecular flexibility index (Phi) is 3.89. The number of anilines is 1. The van der Waals surface area contributed by atoms with E-state index in [9.17, 15) is 0 Å². The van der Waals surface area contributed by atoms with Gasteiger partial charge in [0.05, 0.1) is 11.8 Å². The first-order valence-corrected chi connectivity index (χ1v) is 9.65. The van der Waals surface area contributed by atoms with Crippen molar-refractivity contribution in [2.45, 2.75) is 37.8 Å². The third-order valence-electron chi connectivity index (χ3n) is 6.30. The third-order valence-corrected chi connectivity index (χ3v) is 6.30. The van der Waals surface area contributed by atoms with Crippen LogP contribution in [-0.4, -0.2) is 45.0 Å². The van der Waals surface area contributed by atoms with Crippen LogP contribution in [0.25, 0.3) is 10.9 Å². The molecular formula is C21H25N5. The van der Waals surface area contributed by atoms with Crippen molar-refractivity contribution in [3.05, 3.63) is 54.7 Å². The van der Waals surface area contributed by atoms with Crippen molar-refractivity contribution in [2.24, 2.45) is 0 Å². The maximum absolute atomic E-state index is 4.44. The Morgan fingerprint density at radius 3 is 2.85 bits per heavy atom. The van der Waals surface area contributed by atoms with E-state index >= 15 is 0 Å². The number of nitrogens with zero attached hydrogens (tertiary/aromatic N) is 4. The molecule has 4 heterocycles. The number of likely N-dealkylation sites (tertiary alicyclic amines) is 1. The molecule has 1 aromatic carbocycles. The predicted octanol–water partition coefficient (Wildman–Crippen LogP) is 3.59. The van der Waals surface area contributed by atoms with Gasteiger partial charge >= 0.3 is 0 Å². The largest absolute Gasteiger partial charge is 0.371 e.